The lowest BCUT2D eigenvalue weighted by Crippen LogP contribution is -2.29. The molecule has 1 rings (SSSR count). The maximum atomic E-state index is 11.7. The fraction of sp³-hybridized carbons (Fsp3) is 0.500. The Bertz CT molecular complexity index is 341. The van der Waals surface area contributed by atoms with E-state index in [0.29, 0.717) is 17.0 Å². The van der Waals surface area contributed by atoms with E-state index >= 15 is 0 Å². The zero-order chi connectivity index (χ0) is 12.0. The molecule has 0 saturated carbocycles. The van der Waals surface area contributed by atoms with Crippen LogP contribution in [0, 0.1) is 5.92 Å². The summed E-state index contributed by atoms with van der Waals surface area (Å²) in [4.78, 5) is 19.7. The third-order valence-corrected chi connectivity index (χ3v) is 2.57. The number of hydrogen-bond acceptors (Lipinski definition) is 4. The summed E-state index contributed by atoms with van der Waals surface area (Å²) in [5.74, 6) is 0.194. The molecular weight excluding hydrogens is 272 g/mol. The van der Waals surface area contributed by atoms with Gasteiger partial charge in [-0.25, -0.2) is 9.97 Å². The number of carbonyl (C=O) groups is 1. The Morgan fingerprint density at radius 1 is 1.56 bits per heavy atom. The van der Waals surface area contributed by atoms with Gasteiger partial charge in [0.1, 0.15) is 4.60 Å². The van der Waals surface area contributed by atoms with E-state index in [1.807, 2.05) is 6.92 Å². The molecule has 0 aromatic carbocycles. The van der Waals surface area contributed by atoms with Gasteiger partial charge in [-0.05, 0) is 22.4 Å². The van der Waals surface area contributed by atoms with Crippen molar-refractivity contribution in [1.82, 2.24) is 9.97 Å². The number of aromatic nitrogens is 2. The van der Waals surface area contributed by atoms with Crippen molar-refractivity contribution < 1.29 is 4.79 Å². The van der Waals surface area contributed by atoms with Gasteiger partial charge < -0.3 is 11.1 Å². The van der Waals surface area contributed by atoms with E-state index in [1.165, 1.54) is 12.4 Å². The Hall–Kier alpha value is -1.01. The highest BCUT2D eigenvalue weighted by atomic mass is 79.9. The van der Waals surface area contributed by atoms with Crippen LogP contribution < -0.4 is 11.1 Å². The van der Waals surface area contributed by atoms with Crippen molar-refractivity contribution in [2.45, 2.75) is 19.8 Å². The van der Waals surface area contributed by atoms with Crippen LogP contribution in [0.3, 0.4) is 0 Å². The maximum absolute atomic E-state index is 11.7. The highest BCUT2D eigenvalue weighted by Gasteiger charge is 2.16. The summed E-state index contributed by atoms with van der Waals surface area (Å²) in [5.41, 5.74) is 5.53. The van der Waals surface area contributed by atoms with Crippen LogP contribution in [-0.2, 0) is 4.79 Å². The summed E-state index contributed by atoms with van der Waals surface area (Å²) >= 11 is 3.17. The lowest BCUT2D eigenvalue weighted by molar-refractivity contribution is -0.119. The number of nitrogens with one attached hydrogen (secondary N) is 1. The van der Waals surface area contributed by atoms with Gasteiger partial charge in [0.15, 0.2) is 5.82 Å². The molecule has 0 aliphatic heterocycles. The third kappa shape index (κ3) is 3.86. The molecule has 0 aliphatic carbocycles. The molecule has 1 heterocycles. The summed E-state index contributed by atoms with van der Waals surface area (Å²) in [6, 6.07) is 0. The van der Waals surface area contributed by atoms with Crippen LogP contribution in [0.2, 0.25) is 0 Å². The van der Waals surface area contributed by atoms with Crippen molar-refractivity contribution in [3.8, 4) is 0 Å². The van der Waals surface area contributed by atoms with Crippen LogP contribution in [-0.4, -0.2) is 22.4 Å². The molecule has 1 aromatic heterocycles. The molecule has 0 fully saturated rings. The average Bonchev–Trinajstić information content (AvgIpc) is 2.29. The first-order chi connectivity index (χ1) is 7.67. The fourth-order valence-electron chi connectivity index (χ4n) is 1.31. The Labute approximate surface area is 103 Å². The fourth-order valence-corrected chi connectivity index (χ4v) is 1.51. The van der Waals surface area contributed by atoms with E-state index < -0.39 is 0 Å². The molecule has 6 heteroatoms. The van der Waals surface area contributed by atoms with Crippen molar-refractivity contribution in [2.24, 2.45) is 11.7 Å². The lowest BCUT2D eigenvalue weighted by Gasteiger charge is -2.12. The summed E-state index contributed by atoms with van der Waals surface area (Å²) in [5, 5.41) is 2.69. The minimum Gasteiger partial charge on any atom is -0.330 e. The van der Waals surface area contributed by atoms with Crippen molar-refractivity contribution >= 4 is 27.7 Å². The number of amides is 1. The number of carbonyl (C=O) groups excluding carboxylic acids is 1. The smallest absolute Gasteiger partial charge is 0.229 e. The van der Waals surface area contributed by atoms with Gasteiger partial charge in [0.05, 0.1) is 18.3 Å². The van der Waals surface area contributed by atoms with E-state index in [1.54, 1.807) is 0 Å². The standard InChI is InChI=1S/C10H15BrN4O/c1-2-3-7(4-12)10(16)15-9-6-13-8(11)5-14-9/h5-7H,2-4,12H2,1H3,(H,14,15,16). The summed E-state index contributed by atoms with van der Waals surface area (Å²) in [6.07, 6.45) is 4.75. The van der Waals surface area contributed by atoms with Crippen LogP contribution in [0.1, 0.15) is 19.8 Å². The number of halogens is 1. The van der Waals surface area contributed by atoms with E-state index in [-0.39, 0.29) is 11.8 Å². The lowest BCUT2D eigenvalue weighted by atomic mass is 10.0. The normalized spacial score (nSPS) is 12.2. The number of nitrogens with zero attached hydrogens (tertiary/aromatic N) is 2. The first-order valence-electron chi connectivity index (χ1n) is 5.15. The second-order valence-electron chi connectivity index (χ2n) is 3.43. The molecular formula is C10H15BrN4O. The molecule has 16 heavy (non-hydrogen) atoms. The third-order valence-electron chi connectivity index (χ3n) is 2.16. The van der Waals surface area contributed by atoms with E-state index in [4.69, 9.17) is 5.73 Å². The number of anilines is 1. The van der Waals surface area contributed by atoms with Crippen LogP contribution >= 0.6 is 15.9 Å². The zero-order valence-corrected chi connectivity index (χ0v) is 10.7. The second-order valence-corrected chi connectivity index (χ2v) is 4.25. The number of rotatable bonds is 5. The van der Waals surface area contributed by atoms with Crippen LogP contribution in [0.4, 0.5) is 5.82 Å². The molecule has 88 valence electrons. The van der Waals surface area contributed by atoms with Crippen molar-refractivity contribution in [1.29, 1.82) is 0 Å². The van der Waals surface area contributed by atoms with Gasteiger partial charge in [0.2, 0.25) is 5.91 Å². The van der Waals surface area contributed by atoms with Crippen LogP contribution in [0.25, 0.3) is 0 Å². The van der Waals surface area contributed by atoms with Gasteiger partial charge >= 0.3 is 0 Å². The predicted molar refractivity (Wildman–Crippen MR) is 65.8 cm³/mol. The molecule has 1 aromatic rings. The van der Waals surface area contributed by atoms with Crippen molar-refractivity contribution in [3.63, 3.8) is 0 Å². The highest BCUT2D eigenvalue weighted by Crippen LogP contribution is 2.10. The molecule has 1 unspecified atom stereocenters. The quantitative estimate of drug-likeness (QED) is 0.861. The highest BCUT2D eigenvalue weighted by molar-refractivity contribution is 9.10. The number of nitrogens with two attached hydrogens (primary N) is 1. The molecule has 0 spiro atoms. The molecule has 3 N–H and O–H groups in total. The molecule has 0 radical (unpaired) electrons. The van der Waals surface area contributed by atoms with Crippen molar-refractivity contribution in [3.05, 3.63) is 17.0 Å². The van der Waals surface area contributed by atoms with Gasteiger partial charge in [-0.15, -0.1) is 0 Å². The molecule has 0 bridgehead atoms. The molecule has 5 nitrogen and oxygen atoms in total. The van der Waals surface area contributed by atoms with E-state index in [9.17, 15) is 4.79 Å². The molecule has 1 atom stereocenters. The first kappa shape index (κ1) is 13.1. The molecule has 1 amide bonds. The van der Waals surface area contributed by atoms with E-state index in [0.717, 1.165) is 12.8 Å². The van der Waals surface area contributed by atoms with Gasteiger partial charge in [-0.1, -0.05) is 13.3 Å². The zero-order valence-electron chi connectivity index (χ0n) is 9.11. The largest absolute Gasteiger partial charge is 0.330 e. The molecule has 0 aliphatic rings. The van der Waals surface area contributed by atoms with Gasteiger partial charge in [-0.3, -0.25) is 4.79 Å². The van der Waals surface area contributed by atoms with Crippen LogP contribution in [0.15, 0.2) is 17.0 Å². The predicted octanol–water partition coefficient (Wildman–Crippen LogP) is 1.55. The summed E-state index contributed by atoms with van der Waals surface area (Å²) in [6.45, 7) is 2.37. The second kappa shape index (κ2) is 6.55. The first-order valence-corrected chi connectivity index (χ1v) is 5.95. The van der Waals surface area contributed by atoms with E-state index in [2.05, 4.69) is 31.2 Å². The molecule has 0 saturated heterocycles. The monoisotopic (exact) mass is 286 g/mol. The summed E-state index contributed by atoms with van der Waals surface area (Å²) < 4.78 is 0.634. The minimum atomic E-state index is -0.157. The minimum absolute atomic E-state index is 0.0963. The maximum Gasteiger partial charge on any atom is 0.229 e. The Morgan fingerprint density at radius 3 is 2.81 bits per heavy atom. The summed E-state index contributed by atoms with van der Waals surface area (Å²) in [7, 11) is 0. The topological polar surface area (TPSA) is 80.9 Å². The van der Waals surface area contributed by atoms with Gasteiger partial charge in [-0.2, -0.15) is 0 Å². The van der Waals surface area contributed by atoms with Crippen LogP contribution in [0.5, 0.6) is 0 Å². The Balaban J connectivity index is 2.59. The van der Waals surface area contributed by atoms with Gasteiger partial charge in [0.25, 0.3) is 0 Å². The van der Waals surface area contributed by atoms with Gasteiger partial charge in [0, 0.05) is 6.54 Å². The SMILES string of the molecule is CCCC(CN)C(=O)Nc1cnc(Br)cn1. The average molecular weight is 287 g/mol. The van der Waals surface area contributed by atoms with Crippen molar-refractivity contribution in [2.75, 3.05) is 11.9 Å². The Kier molecular flexibility index (Phi) is 5.34. The Morgan fingerprint density at radius 2 is 2.31 bits per heavy atom. The number of hydrogen-bond donors (Lipinski definition) is 2.